The first-order valence-corrected chi connectivity index (χ1v) is 7.28. The monoisotopic (exact) mass is 285 g/mol. The molecule has 1 aromatic heterocycles. The summed E-state index contributed by atoms with van der Waals surface area (Å²) in [5.74, 6) is 0.795. The summed E-state index contributed by atoms with van der Waals surface area (Å²) < 4.78 is 7.36. The lowest BCUT2D eigenvalue weighted by atomic mass is 10.2. The molecule has 21 heavy (non-hydrogen) atoms. The van der Waals surface area contributed by atoms with Crippen molar-refractivity contribution in [1.29, 1.82) is 0 Å². The molecule has 1 aliphatic heterocycles. The molecule has 2 heterocycles. The van der Waals surface area contributed by atoms with Crippen LogP contribution in [0.25, 0.3) is 11.4 Å². The van der Waals surface area contributed by atoms with Gasteiger partial charge in [0.25, 0.3) is 0 Å². The lowest BCUT2D eigenvalue weighted by molar-refractivity contribution is -0.122. The minimum absolute atomic E-state index is 0.0133. The number of carbonyl (C=O) groups is 1. The van der Waals surface area contributed by atoms with Crippen molar-refractivity contribution in [2.45, 2.75) is 25.5 Å². The summed E-state index contributed by atoms with van der Waals surface area (Å²) in [6.45, 7) is 1.67. The zero-order valence-corrected chi connectivity index (χ0v) is 11.9. The Morgan fingerprint density at radius 2 is 2.24 bits per heavy atom. The third-order valence-corrected chi connectivity index (χ3v) is 3.61. The van der Waals surface area contributed by atoms with Crippen molar-refractivity contribution in [3.8, 4) is 11.4 Å². The number of hydrogen-bond donors (Lipinski definition) is 1. The number of rotatable bonds is 5. The number of carbonyl (C=O) groups excluding carboxylic acids is 1. The van der Waals surface area contributed by atoms with E-state index in [1.165, 1.54) is 0 Å². The predicted molar refractivity (Wildman–Crippen MR) is 79.6 cm³/mol. The van der Waals surface area contributed by atoms with Crippen molar-refractivity contribution >= 4 is 5.91 Å². The zero-order chi connectivity index (χ0) is 14.5. The van der Waals surface area contributed by atoms with E-state index < -0.39 is 0 Å². The maximum atomic E-state index is 12.0. The molecule has 0 radical (unpaired) electrons. The van der Waals surface area contributed by atoms with Gasteiger partial charge >= 0.3 is 0 Å². The van der Waals surface area contributed by atoms with Crippen LogP contribution in [0, 0.1) is 0 Å². The molecule has 0 aliphatic carbocycles. The van der Waals surface area contributed by atoms with Gasteiger partial charge in [-0.15, -0.1) is 0 Å². The Bertz CT molecular complexity index is 589. The topological polar surface area (TPSA) is 56.2 Å². The molecule has 1 fully saturated rings. The first-order chi connectivity index (χ1) is 10.3. The van der Waals surface area contributed by atoms with Gasteiger partial charge in [-0.25, -0.2) is 4.98 Å². The first-order valence-electron chi connectivity index (χ1n) is 7.28. The van der Waals surface area contributed by atoms with E-state index >= 15 is 0 Å². The van der Waals surface area contributed by atoms with Gasteiger partial charge in [0.1, 0.15) is 12.4 Å². The Labute approximate surface area is 124 Å². The van der Waals surface area contributed by atoms with E-state index in [1.807, 2.05) is 41.1 Å². The van der Waals surface area contributed by atoms with Gasteiger partial charge in [0.2, 0.25) is 5.91 Å². The number of nitrogens with one attached hydrogen (secondary N) is 1. The SMILES string of the molecule is O=C(Cn1ccnc1-c1ccccc1)NC[C@@H]1CCCO1. The average molecular weight is 285 g/mol. The van der Waals surface area contributed by atoms with Crippen LogP contribution < -0.4 is 5.32 Å². The minimum Gasteiger partial charge on any atom is -0.376 e. The average Bonchev–Trinajstić information content (AvgIpc) is 3.17. The van der Waals surface area contributed by atoms with E-state index in [2.05, 4.69) is 10.3 Å². The molecule has 1 aliphatic rings. The molecule has 1 aromatic carbocycles. The van der Waals surface area contributed by atoms with Gasteiger partial charge in [0.15, 0.2) is 0 Å². The van der Waals surface area contributed by atoms with Crippen LogP contribution in [0.3, 0.4) is 0 Å². The molecule has 2 aromatic rings. The van der Waals surface area contributed by atoms with Crippen molar-refractivity contribution in [3.63, 3.8) is 0 Å². The number of imidazole rings is 1. The van der Waals surface area contributed by atoms with E-state index in [1.54, 1.807) is 6.20 Å². The molecule has 3 rings (SSSR count). The van der Waals surface area contributed by atoms with E-state index in [-0.39, 0.29) is 18.6 Å². The van der Waals surface area contributed by atoms with E-state index in [4.69, 9.17) is 4.74 Å². The highest BCUT2D eigenvalue weighted by Crippen LogP contribution is 2.16. The fraction of sp³-hybridized carbons (Fsp3) is 0.375. The van der Waals surface area contributed by atoms with Crippen molar-refractivity contribution in [2.24, 2.45) is 0 Å². The molecule has 1 N–H and O–H groups in total. The highest BCUT2D eigenvalue weighted by atomic mass is 16.5. The molecular formula is C16H19N3O2. The van der Waals surface area contributed by atoms with Gasteiger partial charge in [-0.2, -0.15) is 0 Å². The molecule has 1 amide bonds. The smallest absolute Gasteiger partial charge is 0.240 e. The van der Waals surface area contributed by atoms with Gasteiger partial charge in [0.05, 0.1) is 6.10 Å². The maximum absolute atomic E-state index is 12.0. The summed E-state index contributed by atoms with van der Waals surface area (Å²) in [6.07, 6.45) is 5.83. The molecule has 1 saturated heterocycles. The van der Waals surface area contributed by atoms with Crippen LogP contribution >= 0.6 is 0 Å². The molecular weight excluding hydrogens is 266 g/mol. The normalized spacial score (nSPS) is 17.8. The second-order valence-electron chi connectivity index (χ2n) is 5.18. The van der Waals surface area contributed by atoms with Crippen molar-refractivity contribution in [2.75, 3.05) is 13.2 Å². The predicted octanol–water partition coefficient (Wildman–Crippen LogP) is 1.85. The Balaban J connectivity index is 1.60. The van der Waals surface area contributed by atoms with E-state index in [0.29, 0.717) is 6.54 Å². The summed E-state index contributed by atoms with van der Waals surface area (Å²) in [5, 5.41) is 2.93. The van der Waals surface area contributed by atoms with Crippen LogP contribution in [-0.4, -0.2) is 34.7 Å². The summed E-state index contributed by atoms with van der Waals surface area (Å²) >= 11 is 0. The number of aromatic nitrogens is 2. The van der Waals surface area contributed by atoms with Gasteiger partial charge in [0, 0.05) is 31.1 Å². The number of benzene rings is 1. The van der Waals surface area contributed by atoms with Gasteiger partial charge < -0.3 is 14.6 Å². The van der Waals surface area contributed by atoms with Crippen LogP contribution in [0.1, 0.15) is 12.8 Å². The Morgan fingerprint density at radius 3 is 3.00 bits per heavy atom. The van der Waals surface area contributed by atoms with Crippen LogP contribution in [0.5, 0.6) is 0 Å². The van der Waals surface area contributed by atoms with Crippen molar-refractivity contribution in [3.05, 3.63) is 42.7 Å². The highest BCUT2D eigenvalue weighted by molar-refractivity contribution is 5.76. The second kappa shape index (κ2) is 6.54. The van der Waals surface area contributed by atoms with Crippen LogP contribution in [-0.2, 0) is 16.1 Å². The van der Waals surface area contributed by atoms with Crippen LogP contribution in [0.15, 0.2) is 42.7 Å². The lowest BCUT2D eigenvalue weighted by Gasteiger charge is -2.12. The highest BCUT2D eigenvalue weighted by Gasteiger charge is 2.16. The van der Waals surface area contributed by atoms with Crippen molar-refractivity contribution in [1.82, 2.24) is 14.9 Å². The molecule has 5 heteroatoms. The van der Waals surface area contributed by atoms with E-state index in [9.17, 15) is 4.79 Å². The quantitative estimate of drug-likeness (QED) is 0.912. The van der Waals surface area contributed by atoms with Gasteiger partial charge in [-0.3, -0.25) is 4.79 Å². The molecule has 110 valence electrons. The molecule has 0 saturated carbocycles. The summed E-state index contributed by atoms with van der Waals surface area (Å²) in [5.41, 5.74) is 1.01. The Hall–Kier alpha value is -2.14. The summed E-state index contributed by atoms with van der Waals surface area (Å²) in [6, 6.07) is 9.87. The molecule has 0 spiro atoms. The zero-order valence-electron chi connectivity index (χ0n) is 11.9. The van der Waals surface area contributed by atoms with E-state index in [0.717, 1.165) is 30.8 Å². The number of nitrogens with zero attached hydrogens (tertiary/aromatic N) is 2. The summed E-state index contributed by atoms with van der Waals surface area (Å²) in [4.78, 5) is 16.4. The third-order valence-electron chi connectivity index (χ3n) is 3.61. The Morgan fingerprint density at radius 1 is 1.38 bits per heavy atom. The number of hydrogen-bond acceptors (Lipinski definition) is 3. The fourth-order valence-corrected chi connectivity index (χ4v) is 2.53. The third kappa shape index (κ3) is 3.49. The first kappa shape index (κ1) is 13.8. The summed E-state index contributed by atoms with van der Waals surface area (Å²) in [7, 11) is 0. The molecule has 0 bridgehead atoms. The number of amides is 1. The maximum Gasteiger partial charge on any atom is 0.240 e. The molecule has 1 atom stereocenters. The van der Waals surface area contributed by atoms with Crippen LogP contribution in [0.2, 0.25) is 0 Å². The minimum atomic E-state index is -0.0133. The van der Waals surface area contributed by atoms with Crippen molar-refractivity contribution < 1.29 is 9.53 Å². The van der Waals surface area contributed by atoms with Gasteiger partial charge in [-0.1, -0.05) is 30.3 Å². The molecule has 5 nitrogen and oxygen atoms in total. The fourth-order valence-electron chi connectivity index (χ4n) is 2.53. The van der Waals surface area contributed by atoms with Crippen LogP contribution in [0.4, 0.5) is 0 Å². The second-order valence-corrected chi connectivity index (χ2v) is 5.18. The number of ether oxygens (including phenoxy) is 1. The van der Waals surface area contributed by atoms with Gasteiger partial charge in [-0.05, 0) is 12.8 Å². The Kier molecular flexibility index (Phi) is 4.31. The largest absolute Gasteiger partial charge is 0.376 e. The standard InChI is InChI=1S/C16H19N3O2/c20-15(18-11-14-7-4-10-21-14)12-19-9-8-17-16(19)13-5-2-1-3-6-13/h1-3,5-6,8-9,14H,4,7,10-12H2,(H,18,20)/t14-/m0/s1. The lowest BCUT2D eigenvalue weighted by Crippen LogP contribution is -2.34. The molecule has 0 unspecified atom stereocenters.